The van der Waals surface area contributed by atoms with E-state index >= 15 is 0 Å². The van der Waals surface area contributed by atoms with Gasteiger partial charge >= 0.3 is 0 Å². The average molecular weight is 206 g/mol. The molecule has 2 aliphatic rings. The fourth-order valence-electron chi connectivity index (χ4n) is 2.64. The molecule has 0 aromatic carbocycles. The van der Waals surface area contributed by atoms with Crippen LogP contribution in [0.1, 0.15) is 19.3 Å². The molecule has 2 N–H and O–H groups in total. The highest BCUT2D eigenvalue weighted by Crippen LogP contribution is 2.34. The van der Waals surface area contributed by atoms with Crippen LogP contribution < -0.4 is 10.6 Å². The fraction of sp³-hybridized carbons (Fsp3) is 0.600. The van der Waals surface area contributed by atoms with E-state index in [1.165, 1.54) is 0 Å². The Morgan fingerprint density at radius 3 is 3.27 bits per heavy atom. The van der Waals surface area contributed by atoms with Gasteiger partial charge in [0.2, 0.25) is 11.9 Å². The van der Waals surface area contributed by atoms with Gasteiger partial charge in [-0.1, -0.05) is 0 Å². The summed E-state index contributed by atoms with van der Waals surface area (Å²) in [4.78, 5) is 15.8. The molecule has 1 amide bonds. The minimum absolute atomic E-state index is 0.0770. The quantitative estimate of drug-likeness (QED) is 0.642. The number of fused-ring (bicyclic) bond motifs is 2. The summed E-state index contributed by atoms with van der Waals surface area (Å²) < 4.78 is 2.11. The largest absolute Gasteiger partial charge is 0.314 e. The lowest BCUT2D eigenvalue weighted by molar-refractivity contribution is -0.119. The van der Waals surface area contributed by atoms with Gasteiger partial charge in [0.25, 0.3) is 0 Å². The monoisotopic (exact) mass is 206 g/mol. The Bertz CT molecular complexity index is 392. The Hall–Kier alpha value is -1.36. The third-order valence-electron chi connectivity index (χ3n) is 3.34. The lowest BCUT2D eigenvalue weighted by Gasteiger charge is -2.41. The summed E-state index contributed by atoms with van der Waals surface area (Å²) in [5.74, 6) is 0.771. The van der Waals surface area contributed by atoms with E-state index in [1.54, 1.807) is 6.20 Å². The minimum Gasteiger partial charge on any atom is -0.314 e. The molecule has 0 bridgehead atoms. The summed E-state index contributed by atoms with van der Waals surface area (Å²) in [5.41, 5.74) is -0.0770. The molecule has 5 nitrogen and oxygen atoms in total. The molecule has 80 valence electrons. The second kappa shape index (κ2) is 3.06. The Morgan fingerprint density at radius 2 is 2.47 bits per heavy atom. The first-order valence-corrected chi connectivity index (χ1v) is 5.35. The SMILES string of the molecule is O=C1CC2(CCCNC2)n2ccnc2N1. The van der Waals surface area contributed by atoms with Gasteiger partial charge in [0.1, 0.15) is 0 Å². The summed E-state index contributed by atoms with van der Waals surface area (Å²) in [6, 6.07) is 0. The molecule has 0 aliphatic carbocycles. The smallest absolute Gasteiger partial charge is 0.229 e. The third kappa shape index (κ3) is 1.26. The first-order valence-electron chi connectivity index (χ1n) is 5.35. The van der Waals surface area contributed by atoms with Crippen LogP contribution in [-0.2, 0) is 10.3 Å². The Labute approximate surface area is 87.9 Å². The fourth-order valence-corrected chi connectivity index (χ4v) is 2.64. The minimum atomic E-state index is -0.0770. The maximum Gasteiger partial charge on any atom is 0.229 e. The van der Waals surface area contributed by atoms with Crippen molar-refractivity contribution < 1.29 is 4.79 Å². The molecule has 0 saturated carbocycles. The average Bonchev–Trinajstić information content (AvgIpc) is 2.67. The maximum atomic E-state index is 11.6. The zero-order valence-corrected chi connectivity index (χ0v) is 8.49. The third-order valence-corrected chi connectivity index (χ3v) is 3.34. The van der Waals surface area contributed by atoms with Crippen LogP contribution in [0.4, 0.5) is 5.95 Å². The lowest BCUT2D eigenvalue weighted by Crippen LogP contribution is -2.52. The summed E-state index contributed by atoms with van der Waals surface area (Å²) >= 11 is 0. The normalized spacial score (nSPS) is 30.0. The van der Waals surface area contributed by atoms with Crippen LogP contribution in [0.3, 0.4) is 0 Å². The van der Waals surface area contributed by atoms with Crippen molar-refractivity contribution in [2.24, 2.45) is 0 Å². The van der Waals surface area contributed by atoms with Crippen molar-refractivity contribution in [3.63, 3.8) is 0 Å². The van der Waals surface area contributed by atoms with Gasteiger partial charge in [-0.15, -0.1) is 0 Å². The molecule has 1 atom stereocenters. The van der Waals surface area contributed by atoms with Gasteiger partial charge in [-0.2, -0.15) is 0 Å². The number of carbonyl (C=O) groups excluding carboxylic acids is 1. The molecule has 3 rings (SSSR count). The molecule has 1 spiro atoms. The molecule has 15 heavy (non-hydrogen) atoms. The van der Waals surface area contributed by atoms with E-state index in [-0.39, 0.29) is 11.4 Å². The topological polar surface area (TPSA) is 59.0 Å². The zero-order valence-electron chi connectivity index (χ0n) is 8.49. The van der Waals surface area contributed by atoms with Crippen molar-refractivity contribution in [2.75, 3.05) is 18.4 Å². The molecule has 1 unspecified atom stereocenters. The summed E-state index contributed by atoms with van der Waals surface area (Å²) in [6.07, 6.45) is 6.43. The van der Waals surface area contributed by atoms with Gasteiger partial charge in [0.15, 0.2) is 0 Å². The second-order valence-corrected chi connectivity index (χ2v) is 4.35. The van der Waals surface area contributed by atoms with E-state index in [1.807, 2.05) is 6.20 Å². The van der Waals surface area contributed by atoms with E-state index in [0.717, 1.165) is 25.9 Å². The number of rotatable bonds is 0. The molecule has 0 radical (unpaired) electrons. The van der Waals surface area contributed by atoms with Crippen molar-refractivity contribution in [2.45, 2.75) is 24.8 Å². The van der Waals surface area contributed by atoms with Gasteiger partial charge in [-0.3, -0.25) is 10.1 Å². The summed E-state index contributed by atoms with van der Waals surface area (Å²) in [5, 5.41) is 6.16. The number of carbonyl (C=O) groups is 1. The number of nitrogens with one attached hydrogen (secondary N) is 2. The van der Waals surface area contributed by atoms with E-state index in [2.05, 4.69) is 20.2 Å². The van der Waals surface area contributed by atoms with Crippen molar-refractivity contribution in [3.8, 4) is 0 Å². The standard InChI is InChI=1S/C10H14N4O/c15-8-6-10(2-1-3-11-7-10)14-5-4-12-9(14)13-8/h4-5,11H,1-3,6-7H2,(H,12,13,15). The number of imidazole rings is 1. The molecular weight excluding hydrogens is 192 g/mol. The predicted molar refractivity (Wildman–Crippen MR) is 55.6 cm³/mol. The highest BCUT2D eigenvalue weighted by Gasteiger charge is 2.40. The van der Waals surface area contributed by atoms with Crippen molar-refractivity contribution in [3.05, 3.63) is 12.4 Å². The number of nitrogens with zero attached hydrogens (tertiary/aromatic N) is 2. The van der Waals surface area contributed by atoms with Gasteiger partial charge < -0.3 is 9.88 Å². The van der Waals surface area contributed by atoms with Gasteiger partial charge in [-0.25, -0.2) is 4.98 Å². The van der Waals surface area contributed by atoms with Crippen molar-refractivity contribution >= 4 is 11.9 Å². The Balaban J connectivity index is 2.05. The van der Waals surface area contributed by atoms with Gasteiger partial charge in [0.05, 0.1) is 12.0 Å². The summed E-state index contributed by atoms with van der Waals surface area (Å²) in [6.45, 7) is 1.91. The number of anilines is 1. The van der Waals surface area contributed by atoms with Crippen molar-refractivity contribution in [1.29, 1.82) is 0 Å². The molecule has 1 saturated heterocycles. The van der Waals surface area contributed by atoms with Crippen LogP contribution in [0.5, 0.6) is 0 Å². The summed E-state index contributed by atoms with van der Waals surface area (Å²) in [7, 11) is 0. The molecule has 5 heteroatoms. The molecule has 2 aliphatic heterocycles. The lowest BCUT2D eigenvalue weighted by atomic mass is 9.85. The van der Waals surface area contributed by atoms with E-state index in [4.69, 9.17) is 0 Å². The Kier molecular flexibility index (Phi) is 1.82. The van der Waals surface area contributed by atoms with Crippen LogP contribution in [0.25, 0.3) is 0 Å². The second-order valence-electron chi connectivity index (χ2n) is 4.35. The Morgan fingerprint density at radius 1 is 1.53 bits per heavy atom. The number of hydrogen-bond donors (Lipinski definition) is 2. The van der Waals surface area contributed by atoms with Crippen LogP contribution in [0, 0.1) is 0 Å². The molecule has 1 fully saturated rings. The van der Waals surface area contributed by atoms with Crippen LogP contribution >= 0.6 is 0 Å². The van der Waals surface area contributed by atoms with Crippen LogP contribution in [0.15, 0.2) is 12.4 Å². The number of hydrogen-bond acceptors (Lipinski definition) is 3. The highest BCUT2D eigenvalue weighted by molar-refractivity contribution is 5.91. The first kappa shape index (κ1) is 8.91. The van der Waals surface area contributed by atoms with E-state index in [9.17, 15) is 4.79 Å². The van der Waals surface area contributed by atoms with Crippen LogP contribution in [-0.4, -0.2) is 28.5 Å². The van der Waals surface area contributed by atoms with Gasteiger partial charge in [0, 0.05) is 18.9 Å². The highest BCUT2D eigenvalue weighted by atomic mass is 16.2. The zero-order chi connectivity index (χ0) is 10.3. The molecule has 3 heterocycles. The molecular formula is C10H14N4O. The first-order chi connectivity index (χ1) is 7.30. The molecule has 1 aromatic heterocycles. The van der Waals surface area contributed by atoms with Crippen LogP contribution in [0.2, 0.25) is 0 Å². The van der Waals surface area contributed by atoms with Crippen molar-refractivity contribution in [1.82, 2.24) is 14.9 Å². The number of aromatic nitrogens is 2. The number of piperidine rings is 1. The van der Waals surface area contributed by atoms with Gasteiger partial charge in [-0.05, 0) is 19.4 Å². The van der Waals surface area contributed by atoms with E-state index < -0.39 is 0 Å². The molecule has 1 aromatic rings. The van der Waals surface area contributed by atoms with E-state index in [0.29, 0.717) is 12.4 Å². The maximum absolute atomic E-state index is 11.6. The number of amides is 1. The predicted octanol–water partition coefficient (Wildman–Crippen LogP) is 0.304.